The molecule has 0 saturated carbocycles. The van der Waals surface area contributed by atoms with E-state index in [1.54, 1.807) is 24.3 Å². The molecular weight excluding hydrogens is 393 g/mol. The first-order chi connectivity index (χ1) is 11.4. The lowest BCUT2D eigenvalue weighted by Crippen LogP contribution is -2.49. The van der Waals surface area contributed by atoms with Gasteiger partial charge in [-0.25, -0.2) is 17.2 Å². The van der Waals surface area contributed by atoms with Crippen LogP contribution >= 0.6 is 24.0 Å². The Morgan fingerprint density at radius 3 is 2.36 bits per heavy atom. The van der Waals surface area contributed by atoms with E-state index >= 15 is 0 Å². The van der Waals surface area contributed by atoms with Crippen LogP contribution in [-0.2, 0) is 10.0 Å². The number of hydrogen-bond acceptors (Lipinski definition) is 3. The molecule has 9 heteroatoms. The number of halogens is 4. The van der Waals surface area contributed by atoms with Crippen molar-refractivity contribution >= 4 is 34.0 Å². The van der Waals surface area contributed by atoms with Gasteiger partial charge in [-0.2, -0.15) is 4.31 Å². The van der Waals surface area contributed by atoms with Crippen LogP contribution in [0, 0.1) is 11.6 Å². The first-order valence-corrected chi connectivity index (χ1v) is 9.15. The van der Waals surface area contributed by atoms with E-state index in [1.807, 2.05) is 0 Å². The highest BCUT2D eigenvalue weighted by Crippen LogP contribution is 2.34. The first-order valence-electron chi connectivity index (χ1n) is 7.34. The largest absolute Gasteiger partial charge is 0.313 e. The summed E-state index contributed by atoms with van der Waals surface area (Å²) in [5, 5.41) is 3.49. The third kappa shape index (κ3) is 3.80. The van der Waals surface area contributed by atoms with Crippen LogP contribution in [0.3, 0.4) is 0 Å². The molecule has 0 bridgehead atoms. The lowest BCUT2D eigenvalue weighted by atomic mass is 10.1. The van der Waals surface area contributed by atoms with Gasteiger partial charge in [-0.05, 0) is 23.8 Å². The van der Waals surface area contributed by atoms with Crippen LogP contribution in [0.1, 0.15) is 11.6 Å². The van der Waals surface area contributed by atoms with Crippen molar-refractivity contribution in [2.75, 3.05) is 19.6 Å². The van der Waals surface area contributed by atoms with Crippen molar-refractivity contribution in [3.8, 4) is 0 Å². The highest BCUT2D eigenvalue weighted by molar-refractivity contribution is 7.89. The quantitative estimate of drug-likeness (QED) is 0.846. The second-order valence-electron chi connectivity index (χ2n) is 5.41. The maximum Gasteiger partial charge on any atom is 0.249 e. The average Bonchev–Trinajstić information content (AvgIpc) is 2.55. The van der Waals surface area contributed by atoms with Gasteiger partial charge in [0.2, 0.25) is 10.0 Å². The van der Waals surface area contributed by atoms with E-state index in [9.17, 15) is 17.2 Å². The molecule has 0 spiro atoms. The van der Waals surface area contributed by atoms with Crippen molar-refractivity contribution in [3.05, 3.63) is 64.7 Å². The summed E-state index contributed by atoms with van der Waals surface area (Å²) in [6.45, 7) is 0.779. The maximum absolute atomic E-state index is 14.0. The van der Waals surface area contributed by atoms with Gasteiger partial charge < -0.3 is 5.32 Å². The van der Waals surface area contributed by atoms with Crippen molar-refractivity contribution in [1.29, 1.82) is 0 Å². The summed E-state index contributed by atoms with van der Waals surface area (Å²) < 4.78 is 54.9. The summed E-state index contributed by atoms with van der Waals surface area (Å²) >= 11 is 6.18. The third-order valence-electron chi connectivity index (χ3n) is 3.94. The number of sulfonamides is 1. The van der Waals surface area contributed by atoms with Crippen molar-refractivity contribution in [2.24, 2.45) is 0 Å². The fourth-order valence-corrected chi connectivity index (χ4v) is 4.81. The van der Waals surface area contributed by atoms with E-state index in [-0.39, 0.29) is 19.0 Å². The Bertz CT molecular complexity index is 845. The molecule has 1 saturated heterocycles. The van der Waals surface area contributed by atoms with Gasteiger partial charge in [0, 0.05) is 24.7 Å². The predicted octanol–water partition coefficient (Wildman–Crippen LogP) is 3.38. The molecular formula is C16H16Cl2F2N2O2S. The summed E-state index contributed by atoms with van der Waals surface area (Å²) in [5.74, 6) is -2.21. The maximum atomic E-state index is 14.0. The highest BCUT2D eigenvalue weighted by atomic mass is 35.5. The zero-order chi connectivity index (χ0) is 17.3. The molecule has 2 aromatic rings. The standard InChI is InChI=1S/C16H15ClF2N2O2S.ClH/c17-12-5-2-1-4-11(12)15-10-20-8-9-21(15)24(22,23)16-13(18)6-3-7-14(16)19;/h1-7,15,20H,8-10H2;1H. The number of benzene rings is 2. The van der Waals surface area contributed by atoms with Gasteiger partial charge in [-0.15, -0.1) is 12.4 Å². The van der Waals surface area contributed by atoms with Crippen molar-refractivity contribution in [1.82, 2.24) is 9.62 Å². The lowest BCUT2D eigenvalue weighted by molar-refractivity contribution is 0.269. The molecule has 1 unspecified atom stereocenters. The summed E-state index contributed by atoms with van der Waals surface area (Å²) in [7, 11) is -4.35. The van der Waals surface area contributed by atoms with E-state index in [4.69, 9.17) is 11.6 Å². The molecule has 0 aromatic heterocycles. The molecule has 4 nitrogen and oxygen atoms in total. The molecule has 0 amide bonds. The molecule has 1 aliphatic rings. The van der Waals surface area contributed by atoms with Crippen molar-refractivity contribution in [3.63, 3.8) is 0 Å². The fraction of sp³-hybridized carbons (Fsp3) is 0.250. The van der Waals surface area contributed by atoms with Gasteiger partial charge in [-0.3, -0.25) is 0 Å². The van der Waals surface area contributed by atoms with E-state index in [0.29, 0.717) is 23.7 Å². The molecule has 0 aliphatic carbocycles. The normalized spacial score (nSPS) is 18.6. The van der Waals surface area contributed by atoms with Crippen LogP contribution in [0.4, 0.5) is 8.78 Å². The Morgan fingerprint density at radius 2 is 1.72 bits per heavy atom. The van der Waals surface area contributed by atoms with E-state index < -0.39 is 32.6 Å². The van der Waals surface area contributed by atoms with Crippen LogP contribution in [0.2, 0.25) is 5.02 Å². The Balaban J connectivity index is 0.00000225. The monoisotopic (exact) mass is 408 g/mol. The van der Waals surface area contributed by atoms with Gasteiger partial charge in [0.15, 0.2) is 4.90 Å². The first kappa shape index (κ1) is 20.1. The molecule has 3 rings (SSSR count). The van der Waals surface area contributed by atoms with Gasteiger partial charge >= 0.3 is 0 Å². The Labute approximate surface area is 156 Å². The number of nitrogens with zero attached hydrogens (tertiary/aromatic N) is 1. The molecule has 2 aromatic carbocycles. The predicted molar refractivity (Wildman–Crippen MR) is 94.6 cm³/mol. The van der Waals surface area contributed by atoms with Gasteiger partial charge in [0.05, 0.1) is 6.04 Å². The number of hydrogen-bond donors (Lipinski definition) is 1. The molecule has 1 atom stereocenters. The number of rotatable bonds is 3. The second kappa shape index (κ2) is 7.97. The second-order valence-corrected chi connectivity index (χ2v) is 7.64. The zero-order valence-corrected chi connectivity index (χ0v) is 15.3. The topological polar surface area (TPSA) is 49.4 Å². The molecule has 1 heterocycles. The molecule has 1 N–H and O–H groups in total. The zero-order valence-electron chi connectivity index (χ0n) is 13.0. The highest BCUT2D eigenvalue weighted by Gasteiger charge is 2.38. The fourth-order valence-electron chi connectivity index (χ4n) is 2.83. The molecule has 25 heavy (non-hydrogen) atoms. The van der Waals surface area contributed by atoms with Crippen LogP contribution in [-0.4, -0.2) is 32.4 Å². The van der Waals surface area contributed by atoms with Crippen LogP contribution in [0.25, 0.3) is 0 Å². The SMILES string of the molecule is Cl.O=S(=O)(c1c(F)cccc1F)N1CCNCC1c1ccccc1Cl. The van der Waals surface area contributed by atoms with E-state index in [1.165, 1.54) is 0 Å². The van der Waals surface area contributed by atoms with Crippen LogP contribution < -0.4 is 5.32 Å². The van der Waals surface area contributed by atoms with Crippen LogP contribution in [0.5, 0.6) is 0 Å². The molecule has 136 valence electrons. The third-order valence-corrected chi connectivity index (χ3v) is 6.25. The van der Waals surface area contributed by atoms with Crippen LogP contribution in [0.15, 0.2) is 47.4 Å². The van der Waals surface area contributed by atoms with E-state index in [0.717, 1.165) is 22.5 Å². The number of piperazine rings is 1. The summed E-state index contributed by atoms with van der Waals surface area (Å²) in [6, 6.07) is 9.19. The Hall–Kier alpha value is -1.25. The van der Waals surface area contributed by atoms with Gasteiger partial charge in [0.25, 0.3) is 0 Å². The average molecular weight is 409 g/mol. The summed E-state index contributed by atoms with van der Waals surface area (Å²) in [5.41, 5.74) is 0.590. The van der Waals surface area contributed by atoms with Crippen molar-refractivity contribution < 1.29 is 17.2 Å². The number of nitrogens with one attached hydrogen (secondary N) is 1. The van der Waals surface area contributed by atoms with Gasteiger partial charge in [0.1, 0.15) is 11.6 Å². The van der Waals surface area contributed by atoms with Gasteiger partial charge in [-0.1, -0.05) is 35.9 Å². The Kier molecular flexibility index (Phi) is 6.40. The summed E-state index contributed by atoms with van der Waals surface area (Å²) in [6.07, 6.45) is 0. The smallest absolute Gasteiger partial charge is 0.249 e. The molecule has 0 radical (unpaired) electrons. The molecule has 1 fully saturated rings. The Morgan fingerprint density at radius 1 is 1.08 bits per heavy atom. The van der Waals surface area contributed by atoms with Crippen molar-refractivity contribution in [2.45, 2.75) is 10.9 Å². The minimum Gasteiger partial charge on any atom is -0.313 e. The molecule has 1 aliphatic heterocycles. The minimum atomic E-state index is -4.35. The summed E-state index contributed by atoms with van der Waals surface area (Å²) in [4.78, 5) is -0.927. The lowest BCUT2D eigenvalue weighted by Gasteiger charge is -2.35. The minimum absolute atomic E-state index is 0. The van der Waals surface area contributed by atoms with E-state index in [2.05, 4.69) is 5.32 Å².